The molecule has 0 heterocycles. The summed E-state index contributed by atoms with van der Waals surface area (Å²) in [4.78, 5) is 52.5. The summed E-state index contributed by atoms with van der Waals surface area (Å²) in [6, 6.07) is -0.236. The van der Waals surface area contributed by atoms with Crippen molar-refractivity contribution in [3.63, 3.8) is 0 Å². The first-order chi connectivity index (χ1) is 17.6. The average Bonchev–Trinajstić information content (AvgIpc) is 2.83. The van der Waals surface area contributed by atoms with Gasteiger partial charge in [-0.1, -0.05) is 13.8 Å². The summed E-state index contributed by atoms with van der Waals surface area (Å²) in [6.45, 7) is 3.14. The second kappa shape index (κ2) is 8.93. The molecule has 0 aliphatic heterocycles. The fourth-order valence-electron chi connectivity index (χ4n) is 6.20. The predicted molar refractivity (Wildman–Crippen MR) is 131 cm³/mol. The van der Waals surface area contributed by atoms with Crippen molar-refractivity contribution in [2.45, 2.75) is 50.4 Å². The number of ketones is 3. The van der Waals surface area contributed by atoms with E-state index in [9.17, 15) is 49.8 Å². The van der Waals surface area contributed by atoms with Gasteiger partial charge in [0.25, 0.3) is 5.91 Å². The Balaban J connectivity index is 2.04. The molecule has 0 unspecified atom stereocenters. The van der Waals surface area contributed by atoms with E-state index in [0.717, 1.165) is 0 Å². The number of phenolic OH excluding ortho intramolecular Hbond substituents is 2. The SMILES string of the molecule is CCC(=O)Cc1c(O)cc2c(c1O)C(O)=C1C(=O)[C@@]3(O)C(O)=C(C(N)=O)C(=O)[C@H](N(C)C)[C@H]3[C@H](O)[C@H]1[C@@H]2C. The lowest BCUT2D eigenvalue weighted by Crippen LogP contribution is -2.70. The highest BCUT2D eigenvalue weighted by molar-refractivity contribution is 6.24. The Morgan fingerprint density at radius 2 is 1.74 bits per heavy atom. The number of hydrogen-bond acceptors (Lipinski definition) is 11. The molecular weight excluding hydrogens is 500 g/mol. The molecule has 1 amide bonds. The number of carbonyl (C=O) groups is 4. The van der Waals surface area contributed by atoms with Gasteiger partial charge in [-0.2, -0.15) is 0 Å². The van der Waals surface area contributed by atoms with Crippen LogP contribution in [0.4, 0.5) is 0 Å². The van der Waals surface area contributed by atoms with Crippen LogP contribution in [-0.2, 0) is 25.6 Å². The molecule has 12 nitrogen and oxygen atoms in total. The molecule has 1 aromatic rings. The van der Waals surface area contributed by atoms with Gasteiger partial charge >= 0.3 is 0 Å². The van der Waals surface area contributed by atoms with Crippen LogP contribution in [-0.4, -0.2) is 90.6 Å². The normalized spacial score (nSPS) is 30.8. The summed E-state index contributed by atoms with van der Waals surface area (Å²) < 4.78 is 0. The summed E-state index contributed by atoms with van der Waals surface area (Å²) in [7, 11) is 2.83. The van der Waals surface area contributed by atoms with Gasteiger partial charge < -0.3 is 36.4 Å². The van der Waals surface area contributed by atoms with Gasteiger partial charge in [0.15, 0.2) is 11.4 Å². The summed E-state index contributed by atoms with van der Waals surface area (Å²) >= 11 is 0. The maximum atomic E-state index is 13.9. The largest absolute Gasteiger partial charge is 0.508 e. The molecule has 1 saturated carbocycles. The number of aliphatic hydroxyl groups is 4. The number of carbonyl (C=O) groups excluding carboxylic acids is 4. The number of phenols is 2. The van der Waals surface area contributed by atoms with Gasteiger partial charge in [-0.3, -0.25) is 24.1 Å². The second-order valence-electron chi connectivity index (χ2n) is 10.3. The molecule has 0 radical (unpaired) electrons. The first kappa shape index (κ1) is 27.3. The molecule has 0 bridgehead atoms. The first-order valence-electron chi connectivity index (χ1n) is 12.0. The molecule has 0 aromatic heterocycles. The third-order valence-electron chi connectivity index (χ3n) is 8.10. The molecule has 3 aliphatic rings. The molecule has 3 aliphatic carbocycles. The fraction of sp³-hybridized carbons (Fsp3) is 0.462. The van der Waals surface area contributed by atoms with Crippen molar-refractivity contribution in [1.29, 1.82) is 0 Å². The molecule has 38 heavy (non-hydrogen) atoms. The van der Waals surface area contributed by atoms with Crippen LogP contribution in [0, 0.1) is 11.8 Å². The summed E-state index contributed by atoms with van der Waals surface area (Å²) in [6.07, 6.45) is -1.99. The first-order valence-corrected chi connectivity index (χ1v) is 12.0. The monoisotopic (exact) mass is 530 g/mol. The van der Waals surface area contributed by atoms with Gasteiger partial charge in [-0.25, -0.2) is 0 Å². The quantitative estimate of drug-likeness (QED) is 0.245. The number of fused-ring (bicyclic) bond motifs is 3. The Morgan fingerprint density at radius 1 is 1.13 bits per heavy atom. The minimum atomic E-state index is -3.02. The van der Waals surface area contributed by atoms with E-state index in [1.807, 2.05) is 0 Å². The molecule has 1 fully saturated rings. The lowest BCUT2D eigenvalue weighted by atomic mass is 9.54. The number of primary amides is 1. The number of nitrogens with zero attached hydrogens (tertiary/aromatic N) is 1. The van der Waals surface area contributed by atoms with Crippen molar-refractivity contribution < 1.29 is 49.8 Å². The van der Waals surface area contributed by atoms with Crippen LogP contribution in [0.25, 0.3) is 5.76 Å². The molecule has 0 spiro atoms. The number of Topliss-reactive ketones (excluding diaryl/α,β-unsaturated/α-hetero) is 3. The molecule has 0 saturated heterocycles. The van der Waals surface area contributed by atoms with E-state index < -0.39 is 87.1 Å². The van der Waals surface area contributed by atoms with Gasteiger partial charge in [0.2, 0.25) is 5.78 Å². The van der Waals surface area contributed by atoms with Crippen LogP contribution in [0.15, 0.2) is 23.0 Å². The Bertz CT molecular complexity index is 1360. The van der Waals surface area contributed by atoms with E-state index in [-0.39, 0.29) is 35.3 Å². The average molecular weight is 531 g/mol. The zero-order valence-electron chi connectivity index (χ0n) is 21.2. The van der Waals surface area contributed by atoms with E-state index in [4.69, 9.17) is 5.73 Å². The van der Waals surface area contributed by atoms with Crippen LogP contribution in [0.5, 0.6) is 11.5 Å². The number of aromatic hydroxyl groups is 2. The number of rotatable bonds is 5. The summed E-state index contributed by atoms with van der Waals surface area (Å²) in [5.74, 6) is -11.0. The van der Waals surface area contributed by atoms with Crippen molar-refractivity contribution in [1.82, 2.24) is 4.90 Å². The van der Waals surface area contributed by atoms with Gasteiger partial charge in [0.1, 0.15) is 34.4 Å². The predicted octanol–water partition coefficient (Wildman–Crippen LogP) is -0.277. The van der Waals surface area contributed by atoms with Crippen molar-refractivity contribution in [2.75, 3.05) is 14.1 Å². The zero-order chi connectivity index (χ0) is 28.6. The van der Waals surface area contributed by atoms with Crippen LogP contribution >= 0.6 is 0 Å². The molecule has 1 aromatic carbocycles. The van der Waals surface area contributed by atoms with Crippen LogP contribution in [0.3, 0.4) is 0 Å². The molecule has 12 heteroatoms. The van der Waals surface area contributed by atoms with Gasteiger partial charge in [-0.05, 0) is 31.6 Å². The number of benzene rings is 1. The van der Waals surface area contributed by atoms with Crippen molar-refractivity contribution in [2.24, 2.45) is 17.6 Å². The Labute approximate surface area is 217 Å². The van der Waals surface area contributed by atoms with Crippen LogP contribution < -0.4 is 5.73 Å². The summed E-state index contributed by atoms with van der Waals surface area (Å²) in [5.41, 5.74) is 0.417. The fourth-order valence-corrected chi connectivity index (χ4v) is 6.20. The lowest BCUT2D eigenvalue weighted by Gasteiger charge is -2.53. The number of amides is 1. The molecule has 6 atom stereocenters. The Hall–Kier alpha value is -3.74. The highest BCUT2D eigenvalue weighted by atomic mass is 16.4. The minimum absolute atomic E-state index is 0.111. The third-order valence-corrected chi connectivity index (χ3v) is 8.10. The van der Waals surface area contributed by atoms with Crippen LogP contribution in [0.2, 0.25) is 0 Å². The second-order valence-corrected chi connectivity index (χ2v) is 10.3. The van der Waals surface area contributed by atoms with Crippen LogP contribution in [0.1, 0.15) is 42.9 Å². The highest BCUT2D eigenvalue weighted by Crippen LogP contribution is 2.57. The van der Waals surface area contributed by atoms with E-state index in [1.54, 1.807) is 13.8 Å². The summed E-state index contributed by atoms with van der Waals surface area (Å²) in [5, 5.41) is 67.0. The van der Waals surface area contributed by atoms with E-state index in [2.05, 4.69) is 0 Å². The maximum absolute atomic E-state index is 13.9. The van der Waals surface area contributed by atoms with Gasteiger partial charge in [0, 0.05) is 29.9 Å². The van der Waals surface area contributed by atoms with E-state index >= 15 is 0 Å². The van der Waals surface area contributed by atoms with E-state index in [1.165, 1.54) is 25.1 Å². The Morgan fingerprint density at radius 3 is 2.26 bits per heavy atom. The van der Waals surface area contributed by atoms with Crippen molar-refractivity contribution >= 4 is 29.0 Å². The maximum Gasteiger partial charge on any atom is 0.255 e. The zero-order valence-corrected chi connectivity index (χ0v) is 21.2. The smallest absolute Gasteiger partial charge is 0.255 e. The van der Waals surface area contributed by atoms with Gasteiger partial charge in [0.05, 0.1) is 23.6 Å². The topological polar surface area (TPSA) is 219 Å². The lowest BCUT2D eigenvalue weighted by molar-refractivity contribution is -0.169. The number of aliphatic hydroxyl groups excluding tert-OH is 3. The van der Waals surface area contributed by atoms with Gasteiger partial charge in [-0.15, -0.1) is 0 Å². The van der Waals surface area contributed by atoms with Crippen molar-refractivity contribution in [3.8, 4) is 11.5 Å². The molecule has 4 rings (SSSR count). The van der Waals surface area contributed by atoms with Crippen molar-refractivity contribution in [3.05, 3.63) is 39.7 Å². The third kappa shape index (κ3) is 3.40. The Kier molecular flexibility index (Phi) is 6.41. The molecular formula is C26H30N2O10. The molecule has 204 valence electrons. The minimum Gasteiger partial charge on any atom is -0.508 e. The standard InChI is InChI=1S/C26H30N2O10/c1-5-9(29)6-11-12(30)7-10-8(2)13-15(20(32)14(10)19(11)31)23(35)26(38)17(21(13)33)18(28(3)4)22(34)16(24(26)36)25(27)37/h7-8,13,17-18,21,30-33,36,38H,5-6H2,1-4H3,(H2,27,37)/t8-,13+,17+,18-,21-,26-/m1/s1. The highest BCUT2D eigenvalue weighted by Gasteiger charge is 2.68. The number of likely N-dealkylation sites (N-methyl/N-ethyl adjacent to an activating group) is 1. The molecule has 8 N–H and O–H groups in total. The number of nitrogens with two attached hydrogens (primary N) is 1. The number of hydrogen-bond donors (Lipinski definition) is 7. The van der Waals surface area contributed by atoms with E-state index in [0.29, 0.717) is 0 Å².